The van der Waals surface area contributed by atoms with Gasteiger partial charge in [0.05, 0.1) is 17.3 Å². The van der Waals surface area contributed by atoms with Crippen molar-refractivity contribution in [2.24, 2.45) is 0 Å². The lowest BCUT2D eigenvalue weighted by Gasteiger charge is -2.19. The van der Waals surface area contributed by atoms with Crippen molar-refractivity contribution >= 4 is 23.9 Å². The van der Waals surface area contributed by atoms with Crippen LogP contribution in [0.15, 0.2) is 30.5 Å². The minimum atomic E-state index is -0.965. The predicted octanol–water partition coefficient (Wildman–Crippen LogP) is 1.95. The summed E-state index contributed by atoms with van der Waals surface area (Å²) in [4.78, 5) is 53.3. The number of carbonyl (C=O) groups excluding carboxylic acids is 4. The molecule has 1 aromatic carbocycles. The van der Waals surface area contributed by atoms with E-state index in [9.17, 15) is 19.2 Å². The maximum Gasteiger partial charge on any atom is 0.407 e. The molecule has 2 heterocycles. The minimum absolute atomic E-state index is 0.136. The van der Waals surface area contributed by atoms with Crippen molar-refractivity contribution < 1.29 is 28.8 Å². The molecule has 0 radical (unpaired) electrons. The van der Waals surface area contributed by atoms with Crippen LogP contribution in [0.3, 0.4) is 0 Å². The van der Waals surface area contributed by atoms with Gasteiger partial charge in [-0.15, -0.1) is 5.10 Å². The zero-order valence-electron chi connectivity index (χ0n) is 17.5. The number of nitrogens with zero attached hydrogens (tertiary/aromatic N) is 4. The molecule has 11 nitrogen and oxygen atoms in total. The molecule has 3 amide bonds. The number of hydroxylamine groups is 2. The van der Waals surface area contributed by atoms with Gasteiger partial charge in [-0.1, -0.05) is 22.4 Å². The van der Waals surface area contributed by atoms with E-state index in [1.54, 1.807) is 32.9 Å². The largest absolute Gasteiger partial charge is 0.444 e. The number of imide groups is 1. The van der Waals surface area contributed by atoms with Crippen LogP contribution in [0.2, 0.25) is 0 Å². The van der Waals surface area contributed by atoms with E-state index in [-0.39, 0.29) is 16.8 Å². The van der Waals surface area contributed by atoms with Crippen LogP contribution in [0.5, 0.6) is 0 Å². The number of fused-ring (bicyclic) bond motifs is 1. The number of rotatable bonds is 7. The van der Waals surface area contributed by atoms with E-state index in [0.29, 0.717) is 31.0 Å². The Labute approximate surface area is 178 Å². The Balaban J connectivity index is 1.45. The average molecular weight is 429 g/mol. The first-order valence-electron chi connectivity index (χ1n) is 9.73. The molecule has 1 aromatic heterocycles. The van der Waals surface area contributed by atoms with E-state index in [0.717, 1.165) is 0 Å². The number of carbonyl (C=O) groups is 4. The number of hydrogen-bond acceptors (Lipinski definition) is 8. The topological polar surface area (TPSA) is 133 Å². The molecule has 31 heavy (non-hydrogen) atoms. The lowest BCUT2D eigenvalue weighted by atomic mass is 10.1. The molecule has 2 aromatic rings. The third-order valence-electron chi connectivity index (χ3n) is 4.16. The Morgan fingerprint density at radius 3 is 2.32 bits per heavy atom. The van der Waals surface area contributed by atoms with E-state index in [4.69, 9.17) is 9.57 Å². The van der Waals surface area contributed by atoms with Gasteiger partial charge in [0.2, 0.25) is 0 Å². The SMILES string of the molecule is CC(C)(C)OC(=O)NCCCCn1cc(C(=O)ON2C(=O)c3ccccc3C2=O)nn1. The van der Waals surface area contributed by atoms with Crippen molar-refractivity contribution in [2.45, 2.75) is 45.8 Å². The second-order valence-corrected chi connectivity index (χ2v) is 7.83. The number of benzene rings is 1. The quantitative estimate of drug-likeness (QED) is 0.522. The molecule has 0 saturated carbocycles. The molecule has 3 rings (SSSR count). The molecular formula is C20H23N5O6. The van der Waals surface area contributed by atoms with Crippen LogP contribution in [0.1, 0.15) is 64.8 Å². The summed E-state index contributed by atoms with van der Waals surface area (Å²) in [5, 5.41) is 10.6. The zero-order valence-corrected chi connectivity index (χ0v) is 17.5. The number of unbranched alkanes of at least 4 members (excludes halogenated alkanes) is 1. The fourth-order valence-electron chi connectivity index (χ4n) is 2.78. The molecule has 0 unspecified atom stereocenters. The van der Waals surface area contributed by atoms with Crippen LogP contribution in [-0.4, -0.2) is 56.1 Å². The van der Waals surface area contributed by atoms with Gasteiger partial charge < -0.3 is 14.9 Å². The van der Waals surface area contributed by atoms with Gasteiger partial charge in [0, 0.05) is 13.1 Å². The van der Waals surface area contributed by atoms with E-state index in [2.05, 4.69) is 15.6 Å². The number of aryl methyl sites for hydroxylation is 1. The Morgan fingerprint density at radius 1 is 1.06 bits per heavy atom. The molecule has 1 N–H and O–H groups in total. The van der Waals surface area contributed by atoms with E-state index in [1.807, 2.05) is 0 Å². The predicted molar refractivity (Wildman–Crippen MR) is 106 cm³/mol. The highest BCUT2D eigenvalue weighted by Gasteiger charge is 2.39. The Hall–Kier alpha value is -3.76. The van der Waals surface area contributed by atoms with Crippen molar-refractivity contribution in [2.75, 3.05) is 6.54 Å². The Kier molecular flexibility index (Phi) is 6.33. The molecular weight excluding hydrogens is 406 g/mol. The smallest absolute Gasteiger partial charge is 0.407 e. The number of alkyl carbamates (subject to hydrolysis) is 1. The van der Waals surface area contributed by atoms with Crippen LogP contribution in [-0.2, 0) is 16.1 Å². The van der Waals surface area contributed by atoms with E-state index < -0.39 is 29.5 Å². The Bertz CT molecular complexity index is 974. The molecule has 11 heteroatoms. The number of nitrogens with one attached hydrogen (secondary N) is 1. The van der Waals surface area contributed by atoms with Crippen LogP contribution >= 0.6 is 0 Å². The van der Waals surface area contributed by atoms with Crippen LogP contribution in [0.4, 0.5) is 4.79 Å². The second-order valence-electron chi connectivity index (χ2n) is 7.83. The van der Waals surface area contributed by atoms with Crippen molar-refractivity contribution in [3.63, 3.8) is 0 Å². The van der Waals surface area contributed by atoms with E-state index >= 15 is 0 Å². The number of amides is 3. The summed E-state index contributed by atoms with van der Waals surface area (Å²) in [6.45, 7) is 6.23. The van der Waals surface area contributed by atoms with Gasteiger partial charge in [0.25, 0.3) is 11.8 Å². The zero-order chi connectivity index (χ0) is 22.6. The molecule has 0 saturated heterocycles. The van der Waals surface area contributed by atoms with Gasteiger partial charge in [-0.05, 0) is 45.7 Å². The molecule has 0 bridgehead atoms. The first-order valence-corrected chi connectivity index (χ1v) is 9.73. The van der Waals surface area contributed by atoms with Gasteiger partial charge in [-0.25, -0.2) is 9.59 Å². The van der Waals surface area contributed by atoms with Crippen LogP contribution < -0.4 is 5.32 Å². The summed E-state index contributed by atoms with van der Waals surface area (Å²) in [5.74, 6) is -2.38. The summed E-state index contributed by atoms with van der Waals surface area (Å²) in [5.41, 5.74) is -0.348. The molecule has 0 atom stereocenters. The molecule has 0 spiro atoms. The van der Waals surface area contributed by atoms with Crippen LogP contribution in [0, 0.1) is 0 Å². The maximum absolute atomic E-state index is 12.3. The number of ether oxygens (including phenoxy) is 1. The van der Waals surface area contributed by atoms with Gasteiger partial charge in [0.1, 0.15) is 5.60 Å². The van der Waals surface area contributed by atoms with Gasteiger partial charge >= 0.3 is 12.1 Å². The first-order chi connectivity index (χ1) is 14.7. The summed E-state index contributed by atoms with van der Waals surface area (Å²) in [7, 11) is 0. The van der Waals surface area contributed by atoms with Crippen molar-refractivity contribution in [1.82, 2.24) is 25.4 Å². The lowest BCUT2D eigenvalue weighted by molar-refractivity contribution is -0.0588. The molecule has 0 fully saturated rings. The fraction of sp³-hybridized carbons (Fsp3) is 0.400. The molecule has 1 aliphatic heterocycles. The van der Waals surface area contributed by atoms with Crippen molar-refractivity contribution in [3.8, 4) is 0 Å². The summed E-state index contributed by atoms with van der Waals surface area (Å²) < 4.78 is 6.58. The highest BCUT2D eigenvalue weighted by molar-refractivity contribution is 6.21. The minimum Gasteiger partial charge on any atom is -0.444 e. The standard InChI is InChI=1S/C20H23N5O6/c1-20(2,3)30-19(29)21-10-6-7-11-24-12-15(22-23-24)18(28)31-25-16(26)13-8-4-5-9-14(13)17(25)27/h4-5,8-9,12H,6-7,10-11H2,1-3H3,(H,21,29). The third-order valence-corrected chi connectivity index (χ3v) is 4.16. The lowest BCUT2D eigenvalue weighted by Crippen LogP contribution is -2.33. The molecule has 0 aliphatic carbocycles. The fourth-order valence-corrected chi connectivity index (χ4v) is 2.78. The maximum atomic E-state index is 12.3. The van der Waals surface area contributed by atoms with Crippen molar-refractivity contribution in [1.29, 1.82) is 0 Å². The number of aromatic nitrogens is 3. The van der Waals surface area contributed by atoms with Crippen LogP contribution in [0.25, 0.3) is 0 Å². The molecule has 164 valence electrons. The monoisotopic (exact) mass is 429 g/mol. The normalized spacial score (nSPS) is 13.2. The van der Waals surface area contributed by atoms with Gasteiger partial charge in [-0.2, -0.15) is 0 Å². The summed E-state index contributed by atoms with van der Waals surface area (Å²) in [6.07, 6.45) is 2.20. The Morgan fingerprint density at radius 2 is 1.71 bits per heavy atom. The van der Waals surface area contributed by atoms with Crippen molar-refractivity contribution in [3.05, 3.63) is 47.3 Å². The van der Waals surface area contributed by atoms with E-state index in [1.165, 1.54) is 23.0 Å². The second kappa shape index (κ2) is 8.94. The summed E-state index contributed by atoms with van der Waals surface area (Å²) >= 11 is 0. The van der Waals surface area contributed by atoms with Gasteiger partial charge in [-0.3, -0.25) is 14.3 Å². The summed E-state index contributed by atoms with van der Waals surface area (Å²) in [6, 6.07) is 6.20. The highest BCUT2D eigenvalue weighted by atomic mass is 16.7. The highest BCUT2D eigenvalue weighted by Crippen LogP contribution is 2.23. The van der Waals surface area contributed by atoms with Gasteiger partial charge in [0.15, 0.2) is 5.69 Å². The number of hydrogen-bond donors (Lipinski definition) is 1. The molecule has 1 aliphatic rings. The third kappa shape index (κ3) is 5.44. The average Bonchev–Trinajstić information content (AvgIpc) is 3.26. The first kappa shape index (κ1) is 21.9.